The largest absolute Gasteiger partial charge is 0.309 e. The van der Waals surface area contributed by atoms with Crippen molar-refractivity contribution in [2.75, 3.05) is 40.8 Å². The van der Waals surface area contributed by atoms with Crippen LogP contribution in [-0.4, -0.2) is 50.6 Å². The minimum Gasteiger partial charge on any atom is -0.309 e. The number of unbranched alkanes of at least 4 members (excludes halogenated alkanes) is 3. The van der Waals surface area contributed by atoms with Crippen LogP contribution in [0.4, 0.5) is 0 Å². The lowest BCUT2D eigenvalue weighted by Gasteiger charge is -2.18. The molecule has 0 unspecified atom stereocenters. The molecule has 0 aromatic rings. The van der Waals surface area contributed by atoms with Gasteiger partial charge in [0.05, 0.1) is 0 Å². The lowest BCUT2D eigenvalue weighted by atomic mass is 10.1. The predicted octanol–water partition coefficient (Wildman–Crippen LogP) is 2.70. The summed E-state index contributed by atoms with van der Waals surface area (Å²) in [5, 5.41) is 0. The molecule has 2 nitrogen and oxygen atoms in total. The summed E-state index contributed by atoms with van der Waals surface area (Å²) in [7, 11) is 6.53. The van der Waals surface area contributed by atoms with Crippen molar-refractivity contribution < 1.29 is 0 Å². The summed E-state index contributed by atoms with van der Waals surface area (Å²) < 4.78 is 0. The van der Waals surface area contributed by atoms with Crippen LogP contribution in [0.5, 0.6) is 0 Å². The van der Waals surface area contributed by atoms with Crippen LogP contribution < -0.4 is 0 Å². The lowest BCUT2D eigenvalue weighted by molar-refractivity contribution is 0.287. The minimum atomic E-state index is 0.795. The van der Waals surface area contributed by atoms with Crippen LogP contribution in [-0.2, 0) is 0 Å². The van der Waals surface area contributed by atoms with Gasteiger partial charge in [-0.3, -0.25) is 0 Å². The first-order valence-electron chi connectivity index (χ1n) is 6.35. The average Bonchev–Trinajstić information content (AvgIpc) is 2.09. The van der Waals surface area contributed by atoms with Gasteiger partial charge in [0.15, 0.2) is 0 Å². The molecule has 0 aliphatic carbocycles. The molecule has 0 saturated heterocycles. The first-order chi connectivity index (χ1) is 7.02. The van der Waals surface area contributed by atoms with Crippen LogP contribution in [0.3, 0.4) is 0 Å². The summed E-state index contributed by atoms with van der Waals surface area (Å²) in [5.74, 6) is 0.795. The summed E-state index contributed by atoms with van der Waals surface area (Å²) in [4.78, 5) is 4.72. The van der Waals surface area contributed by atoms with Crippen molar-refractivity contribution in [3.05, 3.63) is 0 Å². The maximum atomic E-state index is 2.45. The summed E-state index contributed by atoms with van der Waals surface area (Å²) in [6.45, 7) is 8.31. The van der Waals surface area contributed by atoms with Crippen LogP contribution in [0, 0.1) is 5.92 Å². The van der Waals surface area contributed by atoms with Crippen LogP contribution in [0.1, 0.15) is 39.5 Å². The number of rotatable bonds is 9. The molecule has 0 aliphatic heterocycles. The summed E-state index contributed by atoms with van der Waals surface area (Å²) in [6, 6.07) is 0. The second-order valence-corrected chi connectivity index (χ2v) is 5.37. The molecule has 92 valence electrons. The summed E-state index contributed by atoms with van der Waals surface area (Å²) >= 11 is 0. The van der Waals surface area contributed by atoms with E-state index in [0.717, 1.165) is 5.92 Å². The van der Waals surface area contributed by atoms with E-state index in [4.69, 9.17) is 0 Å². The zero-order valence-corrected chi connectivity index (χ0v) is 11.4. The Morgan fingerprint density at radius 2 is 1.33 bits per heavy atom. The smallest absolute Gasteiger partial charge is 0.000133 e. The standard InChI is InChI=1S/C13H30N2/c1-13(2)12-15(5)11-9-7-6-8-10-14(3)4/h13H,6-12H2,1-5H3. The first kappa shape index (κ1) is 14.9. The fourth-order valence-corrected chi connectivity index (χ4v) is 1.88. The zero-order chi connectivity index (χ0) is 11.7. The van der Waals surface area contributed by atoms with Gasteiger partial charge in [-0.25, -0.2) is 0 Å². The Hall–Kier alpha value is -0.0800. The predicted molar refractivity (Wildman–Crippen MR) is 69.4 cm³/mol. The molecule has 15 heavy (non-hydrogen) atoms. The highest BCUT2D eigenvalue weighted by Gasteiger charge is 2.00. The van der Waals surface area contributed by atoms with E-state index in [2.05, 4.69) is 44.8 Å². The molecule has 0 amide bonds. The second-order valence-electron chi connectivity index (χ2n) is 5.37. The molecule has 0 saturated carbocycles. The molecular weight excluding hydrogens is 184 g/mol. The quantitative estimate of drug-likeness (QED) is 0.545. The number of hydrogen-bond acceptors (Lipinski definition) is 2. The molecular formula is C13H30N2. The Labute approximate surface area is 96.6 Å². The molecule has 0 aromatic heterocycles. The Morgan fingerprint density at radius 3 is 1.80 bits per heavy atom. The molecule has 0 bridgehead atoms. The van der Waals surface area contributed by atoms with Crippen molar-refractivity contribution in [2.24, 2.45) is 5.92 Å². The summed E-state index contributed by atoms with van der Waals surface area (Å²) in [6.07, 6.45) is 5.47. The van der Waals surface area contributed by atoms with Gasteiger partial charge in [0.1, 0.15) is 0 Å². The van der Waals surface area contributed by atoms with Gasteiger partial charge < -0.3 is 9.80 Å². The third-order valence-electron chi connectivity index (χ3n) is 2.57. The van der Waals surface area contributed by atoms with E-state index < -0.39 is 0 Å². The van der Waals surface area contributed by atoms with E-state index in [1.807, 2.05) is 0 Å². The SMILES string of the molecule is CC(C)CN(C)CCCCCCN(C)C. The van der Waals surface area contributed by atoms with Gasteiger partial charge in [-0.1, -0.05) is 26.7 Å². The molecule has 0 aliphatic rings. The van der Waals surface area contributed by atoms with Crippen molar-refractivity contribution >= 4 is 0 Å². The van der Waals surface area contributed by atoms with Gasteiger partial charge in [-0.05, 0) is 53.0 Å². The lowest BCUT2D eigenvalue weighted by Crippen LogP contribution is -2.24. The molecule has 2 heteroatoms. The second kappa shape index (κ2) is 9.17. The van der Waals surface area contributed by atoms with Crippen molar-refractivity contribution in [3.8, 4) is 0 Å². The molecule has 0 N–H and O–H groups in total. The fourth-order valence-electron chi connectivity index (χ4n) is 1.88. The molecule has 0 atom stereocenters. The Balaban J connectivity index is 3.16. The van der Waals surface area contributed by atoms with Crippen molar-refractivity contribution in [3.63, 3.8) is 0 Å². The Kier molecular flexibility index (Phi) is 9.12. The highest BCUT2D eigenvalue weighted by molar-refractivity contribution is 4.55. The van der Waals surface area contributed by atoms with Gasteiger partial charge >= 0.3 is 0 Å². The van der Waals surface area contributed by atoms with E-state index >= 15 is 0 Å². The van der Waals surface area contributed by atoms with Crippen molar-refractivity contribution in [1.82, 2.24) is 9.80 Å². The van der Waals surface area contributed by atoms with Crippen LogP contribution in [0.15, 0.2) is 0 Å². The Bertz CT molecular complexity index is 132. The fraction of sp³-hybridized carbons (Fsp3) is 1.00. The van der Waals surface area contributed by atoms with Crippen LogP contribution in [0.2, 0.25) is 0 Å². The normalized spacial score (nSPS) is 12.0. The zero-order valence-electron chi connectivity index (χ0n) is 11.4. The van der Waals surface area contributed by atoms with Gasteiger partial charge in [-0.15, -0.1) is 0 Å². The van der Waals surface area contributed by atoms with Gasteiger partial charge in [-0.2, -0.15) is 0 Å². The van der Waals surface area contributed by atoms with E-state index in [-0.39, 0.29) is 0 Å². The minimum absolute atomic E-state index is 0.795. The third kappa shape index (κ3) is 11.8. The first-order valence-corrected chi connectivity index (χ1v) is 6.35. The van der Waals surface area contributed by atoms with E-state index in [1.165, 1.54) is 45.3 Å². The van der Waals surface area contributed by atoms with Crippen LogP contribution >= 0.6 is 0 Å². The van der Waals surface area contributed by atoms with Crippen molar-refractivity contribution in [1.29, 1.82) is 0 Å². The number of nitrogens with zero attached hydrogens (tertiary/aromatic N) is 2. The van der Waals surface area contributed by atoms with Gasteiger partial charge in [0.2, 0.25) is 0 Å². The molecule has 0 spiro atoms. The molecule has 0 heterocycles. The maximum Gasteiger partial charge on any atom is 0.000133 e. The highest BCUT2D eigenvalue weighted by atomic mass is 15.1. The van der Waals surface area contributed by atoms with Gasteiger partial charge in [0.25, 0.3) is 0 Å². The van der Waals surface area contributed by atoms with E-state index in [0.29, 0.717) is 0 Å². The average molecular weight is 214 g/mol. The van der Waals surface area contributed by atoms with E-state index in [1.54, 1.807) is 0 Å². The maximum absolute atomic E-state index is 2.45. The summed E-state index contributed by atoms with van der Waals surface area (Å²) in [5.41, 5.74) is 0. The molecule has 0 rings (SSSR count). The number of hydrogen-bond donors (Lipinski definition) is 0. The third-order valence-corrected chi connectivity index (χ3v) is 2.57. The Morgan fingerprint density at radius 1 is 0.800 bits per heavy atom. The van der Waals surface area contributed by atoms with E-state index in [9.17, 15) is 0 Å². The van der Waals surface area contributed by atoms with Gasteiger partial charge in [0, 0.05) is 6.54 Å². The molecule has 0 radical (unpaired) electrons. The topological polar surface area (TPSA) is 6.48 Å². The molecule has 0 fully saturated rings. The molecule has 0 aromatic carbocycles. The van der Waals surface area contributed by atoms with Crippen LogP contribution in [0.25, 0.3) is 0 Å². The monoisotopic (exact) mass is 214 g/mol. The van der Waals surface area contributed by atoms with Crippen molar-refractivity contribution in [2.45, 2.75) is 39.5 Å². The highest BCUT2D eigenvalue weighted by Crippen LogP contribution is 2.03.